The van der Waals surface area contributed by atoms with Crippen molar-refractivity contribution in [3.63, 3.8) is 0 Å². The number of fused-ring (bicyclic) bond motifs is 1. The van der Waals surface area contributed by atoms with E-state index in [1.54, 1.807) is 0 Å². The third-order valence-corrected chi connectivity index (χ3v) is 3.57. The standard InChI is InChI=1S/C15H12F4N4O/c16-9-4-3-7-23-11(9)8-21-13(23)14(24)22-12(15(17,18)19)10-5-1-2-6-20-10/h1-8,12-13,21H,(H,22,24)/p+1. The van der Waals surface area contributed by atoms with Crippen LogP contribution in [-0.2, 0) is 4.79 Å². The van der Waals surface area contributed by atoms with Crippen LogP contribution in [0, 0.1) is 0 Å². The molecule has 1 aromatic heterocycles. The van der Waals surface area contributed by atoms with E-state index in [1.807, 2.05) is 5.32 Å². The fourth-order valence-corrected chi connectivity index (χ4v) is 2.46. The van der Waals surface area contributed by atoms with Gasteiger partial charge in [-0.1, -0.05) is 6.07 Å². The van der Waals surface area contributed by atoms with Gasteiger partial charge in [0, 0.05) is 24.5 Å². The van der Waals surface area contributed by atoms with Crippen LogP contribution in [0.2, 0.25) is 0 Å². The second-order valence-corrected chi connectivity index (χ2v) is 5.16. The van der Waals surface area contributed by atoms with Crippen LogP contribution < -0.4 is 15.6 Å². The van der Waals surface area contributed by atoms with Gasteiger partial charge in [-0.2, -0.15) is 13.2 Å². The van der Waals surface area contributed by atoms with Gasteiger partial charge in [-0.3, -0.25) is 4.79 Å². The minimum absolute atomic E-state index is 0.0903. The molecule has 126 valence electrons. The van der Waals surface area contributed by atoms with Crippen LogP contribution >= 0.6 is 0 Å². The fourth-order valence-electron chi connectivity index (χ4n) is 2.46. The monoisotopic (exact) mass is 341 g/mol. The Morgan fingerprint density at radius 3 is 2.83 bits per heavy atom. The van der Waals surface area contributed by atoms with Crippen molar-refractivity contribution in [1.82, 2.24) is 15.5 Å². The van der Waals surface area contributed by atoms with Gasteiger partial charge in [0.05, 0.1) is 5.70 Å². The summed E-state index contributed by atoms with van der Waals surface area (Å²) in [6.45, 7) is 0. The van der Waals surface area contributed by atoms with Crippen molar-refractivity contribution in [1.29, 1.82) is 0 Å². The number of nitrogens with one attached hydrogen (secondary N) is 3. The SMILES string of the molecule is O=C(NC(c1cccc[nH+]1)C(F)(F)F)C1NC=C2C(F)=CC=CN21. The molecular formula is C15H13F4N4O+. The summed E-state index contributed by atoms with van der Waals surface area (Å²) in [5.74, 6) is -1.51. The number of alkyl halides is 3. The molecule has 2 unspecified atom stereocenters. The summed E-state index contributed by atoms with van der Waals surface area (Å²) in [5, 5.41) is 4.53. The van der Waals surface area contributed by atoms with E-state index >= 15 is 0 Å². The largest absolute Gasteiger partial charge is 0.418 e. The number of amides is 1. The van der Waals surface area contributed by atoms with Gasteiger partial charge in [0.25, 0.3) is 5.91 Å². The minimum atomic E-state index is -4.69. The molecule has 0 aromatic carbocycles. The molecule has 2 atom stereocenters. The van der Waals surface area contributed by atoms with Gasteiger partial charge in [0.1, 0.15) is 5.83 Å². The van der Waals surface area contributed by atoms with Gasteiger partial charge in [0.15, 0.2) is 12.4 Å². The van der Waals surface area contributed by atoms with Crippen LogP contribution in [0.1, 0.15) is 11.7 Å². The summed E-state index contributed by atoms with van der Waals surface area (Å²) in [7, 11) is 0. The van der Waals surface area contributed by atoms with E-state index in [1.165, 1.54) is 53.8 Å². The molecule has 0 saturated heterocycles. The summed E-state index contributed by atoms with van der Waals surface area (Å²) in [5.41, 5.74) is -0.114. The number of allylic oxidation sites excluding steroid dienone is 3. The van der Waals surface area contributed by atoms with E-state index < -0.39 is 30.1 Å². The number of hydrogen-bond acceptors (Lipinski definition) is 3. The predicted molar refractivity (Wildman–Crippen MR) is 75.1 cm³/mol. The number of carbonyl (C=O) groups is 1. The Bertz CT molecular complexity index is 727. The van der Waals surface area contributed by atoms with E-state index in [2.05, 4.69) is 10.3 Å². The molecule has 24 heavy (non-hydrogen) atoms. The van der Waals surface area contributed by atoms with Crippen LogP contribution in [0.4, 0.5) is 17.6 Å². The van der Waals surface area contributed by atoms with Crippen molar-refractivity contribution in [2.24, 2.45) is 0 Å². The molecule has 2 aliphatic heterocycles. The Morgan fingerprint density at radius 1 is 1.38 bits per heavy atom. The van der Waals surface area contributed by atoms with Crippen LogP contribution in [-0.4, -0.2) is 23.1 Å². The molecule has 3 N–H and O–H groups in total. The number of aromatic nitrogens is 1. The lowest BCUT2D eigenvalue weighted by molar-refractivity contribution is -0.401. The molecule has 1 amide bonds. The molecule has 0 spiro atoms. The predicted octanol–water partition coefficient (Wildman–Crippen LogP) is 1.67. The smallest absolute Gasteiger partial charge is 0.361 e. The average Bonchev–Trinajstić information content (AvgIpc) is 2.97. The van der Waals surface area contributed by atoms with Crippen molar-refractivity contribution in [3.8, 4) is 0 Å². The summed E-state index contributed by atoms with van der Waals surface area (Å²) in [6.07, 6.45) is 0.706. The van der Waals surface area contributed by atoms with Gasteiger partial charge in [-0.15, -0.1) is 0 Å². The number of pyridine rings is 1. The summed E-state index contributed by atoms with van der Waals surface area (Å²) < 4.78 is 53.5. The lowest BCUT2D eigenvalue weighted by Gasteiger charge is -2.27. The highest BCUT2D eigenvalue weighted by atomic mass is 19.4. The molecule has 5 nitrogen and oxygen atoms in total. The second kappa shape index (κ2) is 5.99. The topological polar surface area (TPSA) is 58.5 Å². The molecule has 0 saturated carbocycles. The van der Waals surface area contributed by atoms with Crippen molar-refractivity contribution >= 4 is 5.91 Å². The van der Waals surface area contributed by atoms with Crippen LogP contribution in [0.3, 0.4) is 0 Å². The Balaban J connectivity index is 1.78. The second-order valence-electron chi connectivity index (χ2n) is 5.16. The molecule has 0 bridgehead atoms. The van der Waals surface area contributed by atoms with E-state index in [-0.39, 0.29) is 11.4 Å². The summed E-state index contributed by atoms with van der Waals surface area (Å²) >= 11 is 0. The van der Waals surface area contributed by atoms with Gasteiger partial charge in [-0.25, -0.2) is 9.37 Å². The molecule has 0 radical (unpaired) electrons. The molecule has 0 fully saturated rings. The maximum atomic E-state index is 13.6. The van der Waals surface area contributed by atoms with E-state index in [4.69, 9.17) is 0 Å². The van der Waals surface area contributed by atoms with Gasteiger partial charge < -0.3 is 15.5 Å². The Morgan fingerprint density at radius 2 is 2.17 bits per heavy atom. The number of nitrogens with zero attached hydrogens (tertiary/aromatic N) is 1. The van der Waals surface area contributed by atoms with Crippen LogP contribution in [0.15, 0.2) is 60.5 Å². The third kappa shape index (κ3) is 2.97. The van der Waals surface area contributed by atoms with E-state index in [0.29, 0.717) is 0 Å². The Hall–Kier alpha value is -2.84. The summed E-state index contributed by atoms with van der Waals surface area (Å²) in [4.78, 5) is 16.0. The maximum absolute atomic E-state index is 13.6. The van der Waals surface area contributed by atoms with Crippen molar-refractivity contribution in [2.75, 3.05) is 0 Å². The van der Waals surface area contributed by atoms with Crippen LogP contribution in [0.5, 0.6) is 0 Å². The first-order valence-electron chi connectivity index (χ1n) is 7.00. The van der Waals surface area contributed by atoms with Gasteiger partial charge in [-0.05, 0) is 12.2 Å². The summed E-state index contributed by atoms with van der Waals surface area (Å²) in [6, 6.07) is 1.98. The quantitative estimate of drug-likeness (QED) is 0.823. The van der Waals surface area contributed by atoms with Gasteiger partial charge in [0.2, 0.25) is 11.7 Å². The Kier molecular flexibility index (Phi) is 4.00. The first kappa shape index (κ1) is 16.0. The number of hydrogen-bond donors (Lipinski definition) is 2. The third-order valence-electron chi connectivity index (χ3n) is 3.57. The fraction of sp³-hybridized carbons (Fsp3) is 0.200. The lowest BCUT2D eigenvalue weighted by Crippen LogP contribution is -2.51. The first-order chi connectivity index (χ1) is 11.4. The van der Waals surface area contributed by atoms with Gasteiger partial charge >= 0.3 is 6.18 Å². The zero-order chi connectivity index (χ0) is 17.3. The number of H-pyrrole nitrogens is 1. The Labute approximate surface area is 134 Å². The molecule has 3 heterocycles. The molecule has 3 rings (SSSR count). The van der Waals surface area contributed by atoms with Crippen molar-refractivity contribution < 1.29 is 27.3 Å². The van der Waals surface area contributed by atoms with E-state index in [0.717, 1.165) is 0 Å². The van der Waals surface area contributed by atoms with Crippen LogP contribution in [0.25, 0.3) is 0 Å². The first-order valence-corrected chi connectivity index (χ1v) is 7.00. The number of rotatable bonds is 3. The molecule has 0 aliphatic carbocycles. The molecule has 9 heteroatoms. The molecule has 2 aliphatic rings. The zero-order valence-electron chi connectivity index (χ0n) is 12.1. The lowest BCUT2D eigenvalue weighted by atomic mass is 10.1. The normalized spacial score (nSPS) is 20.7. The number of carbonyl (C=O) groups excluding carboxylic acids is 1. The number of aromatic amines is 1. The number of halogens is 4. The highest BCUT2D eigenvalue weighted by molar-refractivity contribution is 5.83. The molecular weight excluding hydrogens is 328 g/mol. The van der Waals surface area contributed by atoms with Crippen molar-refractivity contribution in [2.45, 2.75) is 18.4 Å². The van der Waals surface area contributed by atoms with E-state index in [9.17, 15) is 22.4 Å². The molecule has 1 aromatic rings. The zero-order valence-corrected chi connectivity index (χ0v) is 12.1. The van der Waals surface area contributed by atoms with Crippen molar-refractivity contribution in [3.05, 3.63) is 66.2 Å². The average molecular weight is 341 g/mol. The highest BCUT2D eigenvalue weighted by Gasteiger charge is 2.47. The maximum Gasteiger partial charge on any atom is 0.418 e. The highest BCUT2D eigenvalue weighted by Crippen LogP contribution is 2.32. The minimum Gasteiger partial charge on any atom is -0.361 e.